The average molecular weight is 404 g/mol. The molecule has 1 aromatic carbocycles. The second-order valence-corrected chi connectivity index (χ2v) is 7.42. The Morgan fingerprint density at radius 1 is 1.13 bits per heavy atom. The van der Waals surface area contributed by atoms with Crippen LogP contribution in [-0.4, -0.2) is 49.8 Å². The number of Topliss-reactive ketones (excluding diaryl/α,β-unsaturated/α-hetero) is 1. The summed E-state index contributed by atoms with van der Waals surface area (Å²) in [5.74, 6) is 0.262. The Balaban J connectivity index is 1.47. The summed E-state index contributed by atoms with van der Waals surface area (Å²) in [6.07, 6.45) is 5.47. The summed E-state index contributed by atoms with van der Waals surface area (Å²) in [5.41, 5.74) is 2.53. The SMILES string of the molecule is Cn1c(NCC(=O)c2cccc(CN3CCCC3)c2)nc(-c2ccncn2)cc1=O. The number of carbonyl (C=O) groups is 1. The van der Waals surface area contributed by atoms with Crippen LogP contribution in [0.5, 0.6) is 0 Å². The van der Waals surface area contributed by atoms with Crippen molar-refractivity contribution in [1.82, 2.24) is 24.4 Å². The van der Waals surface area contributed by atoms with Crippen molar-refractivity contribution in [1.29, 1.82) is 0 Å². The van der Waals surface area contributed by atoms with Gasteiger partial charge < -0.3 is 5.32 Å². The molecule has 0 bridgehead atoms. The van der Waals surface area contributed by atoms with Gasteiger partial charge in [-0.05, 0) is 43.6 Å². The standard InChI is InChI=1S/C22H24N6O2/c1-27-21(30)12-19(18-7-8-23-15-25-18)26-22(27)24-13-20(29)17-6-4-5-16(11-17)14-28-9-2-3-10-28/h4-8,11-12,15H,2-3,9-10,13-14H2,1H3,(H,24,26). The fourth-order valence-electron chi connectivity index (χ4n) is 3.57. The molecule has 8 heteroatoms. The molecular formula is C22H24N6O2. The predicted octanol–water partition coefficient (Wildman–Crippen LogP) is 2.13. The fourth-order valence-corrected chi connectivity index (χ4v) is 3.57. The van der Waals surface area contributed by atoms with Gasteiger partial charge >= 0.3 is 0 Å². The van der Waals surface area contributed by atoms with Gasteiger partial charge in [-0.2, -0.15) is 0 Å². The maximum atomic E-state index is 12.7. The summed E-state index contributed by atoms with van der Waals surface area (Å²) in [4.78, 5) is 39.9. The molecule has 0 saturated carbocycles. The van der Waals surface area contributed by atoms with E-state index in [2.05, 4.69) is 31.2 Å². The Morgan fingerprint density at radius 2 is 1.97 bits per heavy atom. The highest BCUT2D eigenvalue weighted by Gasteiger charge is 2.14. The number of aromatic nitrogens is 4. The van der Waals surface area contributed by atoms with Crippen LogP contribution in [0.3, 0.4) is 0 Å². The Kier molecular flexibility index (Phi) is 5.94. The topological polar surface area (TPSA) is 93.0 Å². The average Bonchev–Trinajstić information content (AvgIpc) is 3.28. The van der Waals surface area contributed by atoms with Crippen molar-refractivity contribution in [2.75, 3.05) is 25.0 Å². The van der Waals surface area contributed by atoms with Crippen LogP contribution in [0.15, 0.2) is 53.7 Å². The normalized spacial score (nSPS) is 14.0. The van der Waals surface area contributed by atoms with Gasteiger partial charge in [0.1, 0.15) is 6.33 Å². The second-order valence-electron chi connectivity index (χ2n) is 7.42. The molecule has 0 atom stereocenters. The van der Waals surface area contributed by atoms with Crippen LogP contribution < -0.4 is 10.9 Å². The Hall–Kier alpha value is -3.39. The van der Waals surface area contributed by atoms with Gasteiger partial charge in [0, 0.05) is 31.4 Å². The molecule has 0 aliphatic carbocycles. The molecule has 8 nitrogen and oxygen atoms in total. The zero-order chi connectivity index (χ0) is 20.9. The number of hydrogen-bond donors (Lipinski definition) is 1. The van der Waals surface area contributed by atoms with E-state index in [1.807, 2.05) is 18.2 Å². The number of benzene rings is 1. The molecule has 4 rings (SSSR count). The van der Waals surface area contributed by atoms with Crippen LogP contribution in [0, 0.1) is 0 Å². The maximum Gasteiger partial charge on any atom is 0.255 e. The van der Waals surface area contributed by atoms with Crippen molar-refractivity contribution in [3.8, 4) is 11.4 Å². The number of nitrogens with one attached hydrogen (secondary N) is 1. The zero-order valence-electron chi connectivity index (χ0n) is 16.9. The van der Waals surface area contributed by atoms with Crippen LogP contribution >= 0.6 is 0 Å². The van der Waals surface area contributed by atoms with Crippen LogP contribution in [0.4, 0.5) is 5.95 Å². The van der Waals surface area contributed by atoms with Crippen LogP contribution in [0.2, 0.25) is 0 Å². The largest absolute Gasteiger partial charge is 0.348 e. The summed E-state index contributed by atoms with van der Waals surface area (Å²) in [6.45, 7) is 3.14. The lowest BCUT2D eigenvalue weighted by Gasteiger charge is -2.15. The van der Waals surface area contributed by atoms with Gasteiger partial charge in [0.15, 0.2) is 5.78 Å². The van der Waals surface area contributed by atoms with Crippen molar-refractivity contribution >= 4 is 11.7 Å². The molecule has 0 radical (unpaired) electrons. The molecule has 3 aromatic rings. The highest BCUT2D eigenvalue weighted by atomic mass is 16.1. The van der Waals surface area contributed by atoms with Gasteiger partial charge in [-0.1, -0.05) is 18.2 Å². The van der Waals surface area contributed by atoms with Crippen LogP contribution in [-0.2, 0) is 13.6 Å². The predicted molar refractivity (Wildman–Crippen MR) is 114 cm³/mol. The van der Waals surface area contributed by atoms with Crippen molar-refractivity contribution in [3.05, 3.63) is 70.4 Å². The summed E-state index contributed by atoms with van der Waals surface area (Å²) >= 11 is 0. The van der Waals surface area contributed by atoms with E-state index in [9.17, 15) is 9.59 Å². The van der Waals surface area contributed by atoms with E-state index in [0.29, 0.717) is 22.9 Å². The lowest BCUT2D eigenvalue weighted by Crippen LogP contribution is -2.25. The molecule has 0 spiro atoms. The van der Waals surface area contributed by atoms with E-state index in [1.54, 1.807) is 19.3 Å². The first-order valence-corrected chi connectivity index (χ1v) is 10.0. The minimum Gasteiger partial charge on any atom is -0.348 e. The fraction of sp³-hybridized carbons (Fsp3) is 0.318. The molecule has 1 fully saturated rings. The molecule has 0 amide bonds. The van der Waals surface area contributed by atoms with Crippen LogP contribution in [0.25, 0.3) is 11.4 Å². The monoisotopic (exact) mass is 404 g/mol. The molecule has 1 N–H and O–H groups in total. The maximum absolute atomic E-state index is 12.7. The van der Waals surface area contributed by atoms with E-state index in [0.717, 1.165) is 25.2 Å². The van der Waals surface area contributed by atoms with E-state index in [1.165, 1.54) is 29.8 Å². The van der Waals surface area contributed by atoms with Gasteiger partial charge in [-0.15, -0.1) is 0 Å². The summed E-state index contributed by atoms with van der Waals surface area (Å²) < 4.78 is 1.38. The molecule has 154 valence electrons. The molecule has 30 heavy (non-hydrogen) atoms. The third-order valence-electron chi connectivity index (χ3n) is 5.24. The van der Waals surface area contributed by atoms with Crippen molar-refractivity contribution in [2.45, 2.75) is 19.4 Å². The number of carbonyl (C=O) groups excluding carboxylic acids is 1. The van der Waals surface area contributed by atoms with Gasteiger partial charge in [0.2, 0.25) is 5.95 Å². The molecule has 0 unspecified atom stereocenters. The van der Waals surface area contributed by atoms with Crippen LogP contribution in [0.1, 0.15) is 28.8 Å². The van der Waals surface area contributed by atoms with E-state index >= 15 is 0 Å². The first kappa shape index (κ1) is 19.9. The van der Waals surface area contributed by atoms with Crippen molar-refractivity contribution in [3.63, 3.8) is 0 Å². The van der Waals surface area contributed by atoms with E-state index in [-0.39, 0.29) is 17.9 Å². The van der Waals surface area contributed by atoms with E-state index < -0.39 is 0 Å². The number of rotatable bonds is 7. The summed E-state index contributed by atoms with van der Waals surface area (Å²) in [7, 11) is 1.61. The highest BCUT2D eigenvalue weighted by molar-refractivity contribution is 5.99. The minimum atomic E-state index is -0.235. The smallest absolute Gasteiger partial charge is 0.255 e. The second kappa shape index (κ2) is 8.96. The molecule has 1 aliphatic rings. The molecule has 3 heterocycles. The zero-order valence-corrected chi connectivity index (χ0v) is 16.9. The van der Waals surface area contributed by atoms with Crippen molar-refractivity contribution in [2.24, 2.45) is 7.05 Å². The van der Waals surface area contributed by atoms with Crippen molar-refractivity contribution < 1.29 is 4.79 Å². The Morgan fingerprint density at radius 3 is 2.73 bits per heavy atom. The number of hydrogen-bond acceptors (Lipinski definition) is 7. The molecule has 2 aromatic heterocycles. The van der Waals surface area contributed by atoms with E-state index in [4.69, 9.17) is 0 Å². The lowest BCUT2D eigenvalue weighted by molar-refractivity contribution is 0.101. The lowest BCUT2D eigenvalue weighted by atomic mass is 10.1. The Bertz CT molecular complexity index is 1090. The molecule has 1 aliphatic heterocycles. The number of anilines is 1. The number of nitrogens with zero attached hydrogens (tertiary/aromatic N) is 5. The molecular weight excluding hydrogens is 380 g/mol. The third-order valence-corrected chi connectivity index (χ3v) is 5.24. The Labute approximate surface area is 174 Å². The quantitative estimate of drug-likeness (QED) is 0.603. The first-order valence-electron chi connectivity index (χ1n) is 10.0. The minimum absolute atomic E-state index is 0.0423. The first-order chi connectivity index (χ1) is 14.6. The van der Waals surface area contributed by atoms with Gasteiger partial charge in [0.25, 0.3) is 5.56 Å². The third kappa shape index (κ3) is 4.60. The van der Waals surface area contributed by atoms with Gasteiger partial charge in [-0.3, -0.25) is 19.1 Å². The number of ketones is 1. The van der Waals surface area contributed by atoms with Gasteiger partial charge in [0.05, 0.1) is 17.9 Å². The van der Waals surface area contributed by atoms with Gasteiger partial charge in [-0.25, -0.2) is 15.0 Å². The summed E-state index contributed by atoms with van der Waals surface area (Å²) in [6, 6.07) is 10.8. The number of likely N-dealkylation sites (tertiary alicyclic amines) is 1. The summed E-state index contributed by atoms with van der Waals surface area (Å²) in [5, 5.41) is 3.00. The highest BCUT2D eigenvalue weighted by Crippen LogP contribution is 2.15. The molecule has 1 saturated heterocycles.